The largest absolute Gasteiger partial charge is 0.310 e. The first kappa shape index (κ1) is 52.4. The molecule has 0 saturated carbocycles. The van der Waals surface area contributed by atoms with Crippen molar-refractivity contribution >= 4 is 89.8 Å². The Balaban J connectivity index is 1.11. The SMILES string of the molecule is Cc1cccc(N(c2cccc(C)c2)c2ccc(N(c3cccc(C)c3)c3cccc(C)c3)c3c2-c2ccc4c5c(ccc-3c25)-c2c-4c(N(c3cccc(C)c3)c3cccc(C)c3)c3ccccc3c2N(c2cccc(C)c2)c2cccc(C)c2)c1. The standard InChI is InChI=1S/C82H66N4/c1-51-19-11-27-59(43-51)83(60-28-12-20-52(2)44-60)73-41-42-74(84(61-29-13-21-53(3)45-61)62-30-14-22-54(4)46-62)78-70-38-40-72-76-71(39-37-69(75(70)76)77(73)78)79-80(72)82(86(65-33-17-25-57(7)49-65)66-34-18-26-58(8)50-66)68-36-10-9-35-67(68)81(79)85(63-31-15-23-55(5)47-63)64-32-16-24-56(6)48-64/h9-50H,1-8H3. The normalized spacial score (nSPS) is 11.7. The van der Waals surface area contributed by atoms with Crippen molar-refractivity contribution in [2.45, 2.75) is 55.4 Å². The van der Waals surface area contributed by atoms with Crippen molar-refractivity contribution in [2.75, 3.05) is 19.6 Å². The monoisotopic (exact) mass is 1110 g/mol. The molecule has 0 amide bonds. The minimum absolute atomic E-state index is 1.11. The summed E-state index contributed by atoms with van der Waals surface area (Å²) in [4.78, 5) is 10.1. The van der Waals surface area contributed by atoms with E-state index in [1.54, 1.807) is 0 Å². The van der Waals surface area contributed by atoms with Crippen LogP contribution in [0.15, 0.2) is 255 Å². The van der Waals surface area contributed by atoms with Crippen molar-refractivity contribution in [1.29, 1.82) is 0 Å². The maximum absolute atomic E-state index is 2.55. The van der Waals surface area contributed by atoms with Crippen LogP contribution in [0.4, 0.5) is 68.2 Å². The Morgan fingerprint density at radius 3 is 0.651 bits per heavy atom. The second-order valence-corrected chi connectivity index (χ2v) is 24.0. The van der Waals surface area contributed by atoms with Crippen LogP contribution >= 0.6 is 0 Å². The summed E-state index contributed by atoms with van der Waals surface area (Å²) in [5, 5.41) is 4.86. The van der Waals surface area contributed by atoms with Gasteiger partial charge in [-0.25, -0.2) is 0 Å². The fourth-order valence-electron chi connectivity index (χ4n) is 14.0. The highest BCUT2D eigenvalue weighted by Crippen LogP contribution is 2.66. The van der Waals surface area contributed by atoms with E-state index >= 15 is 0 Å². The van der Waals surface area contributed by atoms with Crippen LogP contribution in [0, 0.1) is 55.4 Å². The Labute approximate surface area is 505 Å². The van der Waals surface area contributed by atoms with E-state index in [1.165, 1.54) is 111 Å². The average molecular weight is 1110 g/mol. The van der Waals surface area contributed by atoms with Gasteiger partial charge in [-0.15, -0.1) is 0 Å². The Kier molecular flexibility index (Phi) is 12.6. The molecule has 0 radical (unpaired) electrons. The summed E-state index contributed by atoms with van der Waals surface area (Å²) in [6.07, 6.45) is 0. The van der Waals surface area contributed by atoms with Crippen LogP contribution in [0.2, 0.25) is 0 Å². The molecular weight excluding hydrogens is 1040 g/mol. The molecule has 2 aliphatic rings. The van der Waals surface area contributed by atoms with Crippen LogP contribution in [0.25, 0.3) is 66.1 Å². The molecule has 414 valence electrons. The van der Waals surface area contributed by atoms with Gasteiger partial charge in [0.15, 0.2) is 0 Å². The first-order valence-corrected chi connectivity index (χ1v) is 30.1. The zero-order valence-electron chi connectivity index (χ0n) is 50.0. The van der Waals surface area contributed by atoms with Crippen LogP contribution in [-0.4, -0.2) is 0 Å². The van der Waals surface area contributed by atoms with Crippen LogP contribution in [0.1, 0.15) is 44.5 Å². The molecule has 0 spiro atoms. The quantitative estimate of drug-likeness (QED) is 0.113. The highest BCUT2D eigenvalue weighted by atomic mass is 15.2. The van der Waals surface area contributed by atoms with Gasteiger partial charge in [-0.3, -0.25) is 0 Å². The Bertz CT molecular complexity index is 4430. The summed E-state index contributed by atoms with van der Waals surface area (Å²) in [5.74, 6) is 0. The molecule has 0 saturated heterocycles. The molecular formula is C82H66N4. The molecule has 86 heavy (non-hydrogen) atoms. The van der Waals surface area contributed by atoms with Gasteiger partial charge in [-0.2, -0.15) is 0 Å². The summed E-state index contributed by atoms with van der Waals surface area (Å²) < 4.78 is 0. The third kappa shape index (κ3) is 8.66. The van der Waals surface area contributed by atoms with E-state index in [0.717, 1.165) is 68.2 Å². The third-order valence-corrected chi connectivity index (χ3v) is 17.6. The van der Waals surface area contributed by atoms with Crippen molar-refractivity contribution in [3.63, 3.8) is 0 Å². The lowest BCUT2D eigenvalue weighted by Gasteiger charge is -2.34. The summed E-state index contributed by atoms with van der Waals surface area (Å²) in [6, 6.07) is 96.0. The van der Waals surface area contributed by atoms with Gasteiger partial charge in [0.2, 0.25) is 0 Å². The smallest absolute Gasteiger partial charge is 0.0626 e. The first-order chi connectivity index (χ1) is 41.9. The van der Waals surface area contributed by atoms with E-state index in [9.17, 15) is 0 Å². The zero-order chi connectivity index (χ0) is 58.5. The molecule has 0 fully saturated rings. The maximum Gasteiger partial charge on any atom is 0.0626 e. The molecule has 0 heterocycles. The van der Waals surface area contributed by atoms with E-state index in [4.69, 9.17) is 0 Å². The fourth-order valence-corrected chi connectivity index (χ4v) is 14.0. The average Bonchev–Trinajstić information content (AvgIpc) is 1.51. The molecule has 4 heteroatoms. The lowest BCUT2D eigenvalue weighted by atomic mass is 9.90. The van der Waals surface area contributed by atoms with Crippen LogP contribution < -0.4 is 19.6 Å². The predicted molar refractivity (Wildman–Crippen MR) is 367 cm³/mol. The highest BCUT2D eigenvalue weighted by molar-refractivity contribution is 6.34. The second kappa shape index (κ2) is 20.7. The summed E-state index contributed by atoms with van der Waals surface area (Å²) >= 11 is 0. The van der Waals surface area contributed by atoms with Crippen LogP contribution in [0.5, 0.6) is 0 Å². The number of nitrogens with zero attached hydrogens (tertiary/aromatic N) is 4. The summed E-state index contributed by atoms with van der Waals surface area (Å²) in [6.45, 7) is 17.6. The number of hydrogen-bond donors (Lipinski definition) is 0. The van der Waals surface area contributed by atoms with Gasteiger partial charge in [0.05, 0.1) is 22.7 Å². The van der Waals surface area contributed by atoms with Crippen molar-refractivity contribution in [3.8, 4) is 44.5 Å². The lowest BCUT2D eigenvalue weighted by Crippen LogP contribution is -2.16. The molecule has 0 aromatic heterocycles. The number of rotatable bonds is 12. The Morgan fingerprint density at radius 2 is 0.419 bits per heavy atom. The topological polar surface area (TPSA) is 13.0 Å². The van der Waals surface area contributed by atoms with Gasteiger partial charge < -0.3 is 19.6 Å². The predicted octanol–water partition coefficient (Wildman–Crippen LogP) is 23.6. The van der Waals surface area contributed by atoms with Crippen molar-refractivity contribution in [3.05, 3.63) is 299 Å². The van der Waals surface area contributed by atoms with Gasteiger partial charge in [-0.05, 0) is 242 Å². The van der Waals surface area contributed by atoms with Gasteiger partial charge in [0.1, 0.15) is 0 Å². The second-order valence-electron chi connectivity index (χ2n) is 24.0. The molecule has 13 aromatic carbocycles. The van der Waals surface area contributed by atoms with Crippen molar-refractivity contribution in [1.82, 2.24) is 0 Å². The Hall–Kier alpha value is -10.4. The zero-order valence-corrected chi connectivity index (χ0v) is 50.0. The number of benzene rings is 13. The molecule has 13 aromatic rings. The maximum atomic E-state index is 2.55. The van der Waals surface area contributed by atoms with Crippen LogP contribution in [-0.2, 0) is 0 Å². The third-order valence-electron chi connectivity index (χ3n) is 17.6. The summed E-state index contributed by atoms with van der Waals surface area (Å²) in [5.41, 5.74) is 32.8. The van der Waals surface area contributed by atoms with Crippen molar-refractivity contribution < 1.29 is 0 Å². The van der Waals surface area contributed by atoms with Gasteiger partial charge in [0, 0.05) is 78.5 Å². The molecule has 0 bridgehead atoms. The number of fused-ring (bicyclic) bond motifs is 7. The van der Waals surface area contributed by atoms with E-state index in [2.05, 4.69) is 330 Å². The molecule has 4 nitrogen and oxygen atoms in total. The number of aryl methyl sites for hydroxylation is 8. The van der Waals surface area contributed by atoms with Gasteiger partial charge in [0.25, 0.3) is 0 Å². The van der Waals surface area contributed by atoms with Gasteiger partial charge >= 0.3 is 0 Å². The van der Waals surface area contributed by atoms with E-state index in [0.29, 0.717) is 0 Å². The van der Waals surface area contributed by atoms with E-state index in [-0.39, 0.29) is 0 Å². The molecule has 0 aliphatic heterocycles. The van der Waals surface area contributed by atoms with Gasteiger partial charge in [-0.1, -0.05) is 146 Å². The molecule has 0 atom stereocenters. The molecule has 0 unspecified atom stereocenters. The first-order valence-electron chi connectivity index (χ1n) is 30.1. The minimum atomic E-state index is 1.11. The van der Waals surface area contributed by atoms with Crippen molar-refractivity contribution in [2.24, 2.45) is 0 Å². The molecule has 15 rings (SSSR count). The molecule has 2 aliphatic carbocycles. The fraction of sp³-hybridized carbons (Fsp3) is 0.0976. The summed E-state index contributed by atoms with van der Waals surface area (Å²) in [7, 11) is 0. The molecule has 0 N–H and O–H groups in total. The highest BCUT2D eigenvalue weighted by Gasteiger charge is 2.40. The number of anilines is 12. The van der Waals surface area contributed by atoms with Crippen LogP contribution in [0.3, 0.4) is 0 Å². The van der Waals surface area contributed by atoms with E-state index in [1.807, 2.05) is 0 Å². The van der Waals surface area contributed by atoms with E-state index < -0.39 is 0 Å². The minimum Gasteiger partial charge on any atom is -0.310 e. The Morgan fingerprint density at radius 1 is 0.198 bits per heavy atom. The number of hydrogen-bond acceptors (Lipinski definition) is 4. The lowest BCUT2D eigenvalue weighted by molar-refractivity contribution is 1.24.